The number of carboxylic acids is 1. The molecule has 1 aliphatic rings. The van der Waals surface area contributed by atoms with Crippen LogP contribution in [0.2, 0.25) is 0 Å². The number of β-lactam (4-membered cyclic amide) rings is 1. The Kier molecular flexibility index (Phi) is 4.86. The van der Waals surface area contributed by atoms with E-state index in [2.05, 4.69) is 19.3 Å². The van der Waals surface area contributed by atoms with Crippen LogP contribution in [0, 0.1) is 5.92 Å². The number of amides is 1. The zero-order chi connectivity index (χ0) is 23.8. The topological polar surface area (TPSA) is 199 Å². The highest BCUT2D eigenvalue weighted by atomic mass is 32.3. The van der Waals surface area contributed by atoms with Gasteiger partial charge in [0.2, 0.25) is 6.61 Å². The first kappa shape index (κ1) is 17.5. The Morgan fingerprint density at radius 3 is 2.75 bits per heavy atom. The van der Waals surface area contributed by atoms with Crippen LogP contribution in [-0.2, 0) is 33.9 Å². The lowest BCUT2D eigenvalue weighted by Gasteiger charge is -2.50. The first-order valence-corrected chi connectivity index (χ1v) is 9.50. The molecule has 15 heteroatoms. The van der Waals surface area contributed by atoms with Crippen LogP contribution in [0.4, 0.5) is 5.13 Å². The molecule has 1 saturated heterocycles. The molecule has 0 spiro atoms. The Balaban J connectivity index is 2.35. The molecule has 0 aliphatic carbocycles. The van der Waals surface area contributed by atoms with Gasteiger partial charge in [-0.1, -0.05) is 5.16 Å². The maximum absolute atomic E-state index is 12.8. The normalized spacial score (nSPS) is 24.7. The average molecular weight is 439 g/mol. The summed E-state index contributed by atoms with van der Waals surface area (Å²) in [6.45, 7) is -2.98. The second kappa shape index (κ2) is 7.78. The summed E-state index contributed by atoms with van der Waals surface area (Å²) in [5.74, 6) is -5.16. The lowest BCUT2D eigenvalue weighted by Crippen LogP contribution is -2.68. The SMILES string of the molecule is [2H]C([2H])([2H])[C@]1(C)[C@H](CC(=O)/C(=N\OCC(=O)O)c2csc(N)n2)C(=O)N1OS(=O)(=O)O. The quantitative estimate of drug-likeness (QED) is 0.193. The molecule has 0 saturated carbocycles. The molecule has 0 radical (unpaired) electrons. The highest BCUT2D eigenvalue weighted by Crippen LogP contribution is 2.40. The van der Waals surface area contributed by atoms with E-state index in [1.54, 1.807) is 0 Å². The lowest BCUT2D eigenvalue weighted by atomic mass is 9.74. The number of aliphatic carboxylic acids is 1. The number of carbonyl (C=O) groups is 3. The molecule has 0 unspecified atom stereocenters. The van der Waals surface area contributed by atoms with Gasteiger partial charge in [0.05, 0.1) is 11.5 Å². The number of thiazole rings is 1. The van der Waals surface area contributed by atoms with Crippen LogP contribution in [0.15, 0.2) is 10.5 Å². The van der Waals surface area contributed by atoms with Crippen molar-refractivity contribution >= 4 is 50.2 Å². The number of rotatable bonds is 9. The summed E-state index contributed by atoms with van der Waals surface area (Å²) >= 11 is 0.922. The third kappa shape index (κ3) is 4.80. The largest absolute Gasteiger partial charge is 0.479 e. The van der Waals surface area contributed by atoms with Crippen molar-refractivity contribution in [1.29, 1.82) is 0 Å². The van der Waals surface area contributed by atoms with Crippen LogP contribution >= 0.6 is 11.3 Å². The van der Waals surface area contributed by atoms with Gasteiger partial charge in [0.15, 0.2) is 16.6 Å². The number of hydrogen-bond acceptors (Lipinski definition) is 11. The van der Waals surface area contributed by atoms with Gasteiger partial charge in [0, 0.05) is 15.9 Å². The Morgan fingerprint density at radius 1 is 1.57 bits per heavy atom. The van der Waals surface area contributed by atoms with Gasteiger partial charge in [-0.05, 0) is 13.8 Å². The maximum Gasteiger partial charge on any atom is 0.418 e. The monoisotopic (exact) mass is 439 g/mol. The van der Waals surface area contributed by atoms with Crippen LogP contribution in [0.5, 0.6) is 0 Å². The number of ketones is 1. The summed E-state index contributed by atoms with van der Waals surface area (Å²) in [7, 11) is -5.23. The summed E-state index contributed by atoms with van der Waals surface area (Å²) in [6.07, 6.45) is -0.800. The molecule has 0 aromatic carbocycles. The fourth-order valence-electron chi connectivity index (χ4n) is 2.25. The fourth-order valence-corrected chi connectivity index (χ4v) is 3.22. The van der Waals surface area contributed by atoms with Gasteiger partial charge in [0.1, 0.15) is 5.69 Å². The molecule has 1 amide bonds. The van der Waals surface area contributed by atoms with E-state index in [1.807, 2.05) is 0 Å². The number of nitrogen functional groups attached to an aromatic ring is 1. The van der Waals surface area contributed by atoms with E-state index in [0.29, 0.717) is 0 Å². The number of hydrogen-bond donors (Lipinski definition) is 3. The van der Waals surface area contributed by atoms with Crippen LogP contribution in [0.1, 0.15) is 30.0 Å². The van der Waals surface area contributed by atoms with Crippen molar-refractivity contribution in [3.05, 3.63) is 11.1 Å². The zero-order valence-electron chi connectivity index (χ0n) is 17.1. The van der Waals surface area contributed by atoms with Gasteiger partial charge < -0.3 is 15.7 Å². The summed E-state index contributed by atoms with van der Waals surface area (Å²) in [6, 6.07) is 0. The van der Waals surface area contributed by atoms with E-state index in [9.17, 15) is 22.8 Å². The Morgan fingerprint density at radius 2 is 2.25 bits per heavy atom. The summed E-state index contributed by atoms with van der Waals surface area (Å²) in [5, 5.41) is 13.4. The molecule has 1 aromatic heterocycles. The highest BCUT2D eigenvalue weighted by molar-refractivity contribution is 7.80. The van der Waals surface area contributed by atoms with E-state index in [4.69, 9.17) is 19.5 Å². The van der Waals surface area contributed by atoms with Gasteiger partial charge in [-0.3, -0.25) is 14.1 Å². The van der Waals surface area contributed by atoms with Gasteiger partial charge in [-0.25, -0.2) is 9.78 Å². The van der Waals surface area contributed by atoms with E-state index in [1.165, 1.54) is 5.38 Å². The van der Waals surface area contributed by atoms with Crippen molar-refractivity contribution < 1.29 is 45.7 Å². The third-order valence-corrected chi connectivity index (χ3v) is 4.54. The molecule has 13 nitrogen and oxygen atoms in total. The first-order chi connectivity index (χ1) is 14.1. The van der Waals surface area contributed by atoms with Crippen LogP contribution in [0.3, 0.4) is 0 Å². The molecule has 1 fully saturated rings. The zero-order valence-corrected chi connectivity index (χ0v) is 15.7. The number of nitrogens with two attached hydrogens (primary N) is 1. The summed E-state index contributed by atoms with van der Waals surface area (Å²) < 4.78 is 57.8. The van der Waals surface area contributed by atoms with Gasteiger partial charge in [-0.2, -0.15) is 13.5 Å². The standard InChI is InChI=1S/C13H16N4O9S2/c1-13(2)6(11(21)17(13)26-28(22,23)24)3-8(18)10(16-25-4-9(19)20)7-5-27-12(14)15-7/h5-6H,3-4H2,1-2H3,(H2,14,15)(H,19,20)(H,22,23,24)/b16-10-/t6-/m1/s1/i1D3/t6-,13+. The molecule has 0 bridgehead atoms. The lowest BCUT2D eigenvalue weighted by molar-refractivity contribution is -0.228. The predicted molar refractivity (Wildman–Crippen MR) is 93.3 cm³/mol. The molecule has 28 heavy (non-hydrogen) atoms. The maximum atomic E-state index is 12.8. The van der Waals surface area contributed by atoms with E-state index in [-0.39, 0.29) is 15.9 Å². The average Bonchev–Trinajstić information content (AvgIpc) is 3.04. The number of aromatic nitrogens is 1. The fraction of sp³-hybridized carbons (Fsp3) is 0.462. The number of oxime groups is 1. The van der Waals surface area contributed by atoms with Gasteiger partial charge in [-0.15, -0.1) is 15.6 Å². The number of hydroxylamine groups is 2. The number of carboxylic acid groups (broad SMARTS) is 1. The van der Waals surface area contributed by atoms with E-state index >= 15 is 0 Å². The molecule has 2 heterocycles. The minimum absolute atomic E-state index is 0.0357. The van der Waals surface area contributed by atoms with Crippen LogP contribution in [-0.4, -0.2) is 63.6 Å². The van der Waals surface area contributed by atoms with Crippen molar-refractivity contribution in [2.45, 2.75) is 25.7 Å². The second-order valence-electron chi connectivity index (χ2n) is 5.64. The van der Waals surface area contributed by atoms with Crippen molar-refractivity contribution in [2.24, 2.45) is 11.1 Å². The third-order valence-electron chi connectivity index (χ3n) is 3.53. The van der Waals surface area contributed by atoms with E-state index < -0.39 is 65.1 Å². The van der Waals surface area contributed by atoms with E-state index in [0.717, 1.165) is 18.3 Å². The first-order valence-electron chi connectivity index (χ1n) is 8.75. The molecular formula is C13H16N4O9S2. The molecule has 2 atom stereocenters. The summed E-state index contributed by atoms with van der Waals surface area (Å²) in [4.78, 5) is 44.1. The number of Topliss-reactive ketones (excluding diaryl/α,β-unsaturated/α-hetero) is 1. The molecule has 1 aliphatic heterocycles. The van der Waals surface area contributed by atoms with Crippen molar-refractivity contribution in [3.63, 3.8) is 0 Å². The van der Waals surface area contributed by atoms with Gasteiger partial charge >= 0.3 is 16.4 Å². The Bertz CT molecular complexity index is 1040. The Hall–Kier alpha value is -2.62. The molecule has 2 rings (SSSR count). The van der Waals surface area contributed by atoms with Crippen LogP contribution < -0.4 is 5.73 Å². The smallest absolute Gasteiger partial charge is 0.418 e. The van der Waals surface area contributed by atoms with Crippen LogP contribution in [0.25, 0.3) is 0 Å². The van der Waals surface area contributed by atoms with Crippen molar-refractivity contribution in [3.8, 4) is 0 Å². The minimum Gasteiger partial charge on any atom is -0.479 e. The molecule has 1 aromatic rings. The second-order valence-corrected chi connectivity index (χ2v) is 7.53. The molecule has 4 N–H and O–H groups in total. The van der Waals surface area contributed by atoms with Crippen molar-refractivity contribution in [1.82, 2.24) is 10.0 Å². The number of anilines is 1. The van der Waals surface area contributed by atoms with Gasteiger partial charge in [0.25, 0.3) is 5.91 Å². The predicted octanol–water partition coefficient (Wildman–Crippen LogP) is -0.539. The minimum atomic E-state index is -5.23. The highest BCUT2D eigenvalue weighted by Gasteiger charge is 2.57. The van der Waals surface area contributed by atoms with Crippen molar-refractivity contribution in [2.75, 3.05) is 12.3 Å². The Labute approximate surface area is 166 Å². The number of carbonyl (C=O) groups excluding carboxylic acids is 2. The molecule has 154 valence electrons. The number of nitrogens with zero attached hydrogens (tertiary/aromatic N) is 3. The molecular weight excluding hydrogens is 420 g/mol. The summed E-state index contributed by atoms with van der Waals surface area (Å²) in [5.41, 5.74) is 2.57.